The zero-order chi connectivity index (χ0) is 16.7. The molecular formula is C17H20N4O2S. The molecule has 4 rings (SSSR count). The molecule has 2 fully saturated rings. The smallest absolute Gasteiger partial charge is 0.211 e. The summed E-state index contributed by atoms with van der Waals surface area (Å²) >= 11 is 0. The van der Waals surface area contributed by atoms with Crippen LogP contribution in [0.3, 0.4) is 0 Å². The Hall–Kier alpha value is -1.99. The Bertz CT molecular complexity index is 809. The van der Waals surface area contributed by atoms with Crippen LogP contribution in [0.1, 0.15) is 0 Å². The third-order valence-electron chi connectivity index (χ3n) is 4.97. The van der Waals surface area contributed by atoms with Crippen molar-refractivity contribution >= 4 is 15.8 Å². The highest BCUT2D eigenvalue weighted by Crippen LogP contribution is 2.34. The summed E-state index contributed by atoms with van der Waals surface area (Å²) in [6.45, 7) is 2.93. The Morgan fingerprint density at radius 3 is 2.12 bits per heavy atom. The third-order valence-corrected chi connectivity index (χ3v) is 6.20. The standard InChI is InChI=1S/C17H20N4O2S/c1-24(22,23)21-11-14-9-20(10-15(14)12-21)17-8-7-16(18-19-17)13-5-3-2-4-6-13/h2-8,14-15H,9-12H2,1H3. The van der Waals surface area contributed by atoms with E-state index in [-0.39, 0.29) is 0 Å². The molecule has 24 heavy (non-hydrogen) atoms. The van der Waals surface area contributed by atoms with E-state index in [1.165, 1.54) is 6.26 Å². The molecule has 0 N–H and O–H groups in total. The maximum absolute atomic E-state index is 11.7. The summed E-state index contributed by atoms with van der Waals surface area (Å²) in [6, 6.07) is 14.0. The SMILES string of the molecule is CS(=O)(=O)N1CC2CN(c3ccc(-c4ccccc4)nn3)CC2C1. The fourth-order valence-electron chi connectivity index (χ4n) is 3.66. The van der Waals surface area contributed by atoms with Crippen molar-refractivity contribution in [1.82, 2.24) is 14.5 Å². The van der Waals surface area contributed by atoms with Gasteiger partial charge in [0.15, 0.2) is 5.82 Å². The summed E-state index contributed by atoms with van der Waals surface area (Å²) in [6.07, 6.45) is 1.29. The van der Waals surface area contributed by atoms with Gasteiger partial charge in [0, 0.05) is 31.7 Å². The van der Waals surface area contributed by atoms with Gasteiger partial charge in [-0.3, -0.25) is 0 Å². The molecule has 0 aliphatic carbocycles. The van der Waals surface area contributed by atoms with Gasteiger partial charge in [0.05, 0.1) is 11.9 Å². The molecule has 0 radical (unpaired) electrons. The van der Waals surface area contributed by atoms with Gasteiger partial charge in [-0.15, -0.1) is 10.2 Å². The predicted octanol–water partition coefficient (Wildman–Crippen LogP) is 1.47. The maximum atomic E-state index is 11.7. The number of hydrogen-bond acceptors (Lipinski definition) is 5. The molecule has 7 heteroatoms. The van der Waals surface area contributed by atoms with E-state index in [1.54, 1.807) is 4.31 Å². The number of fused-ring (bicyclic) bond motifs is 1. The van der Waals surface area contributed by atoms with Gasteiger partial charge in [0.1, 0.15) is 0 Å². The molecular weight excluding hydrogens is 324 g/mol. The van der Waals surface area contributed by atoms with Gasteiger partial charge in [-0.1, -0.05) is 30.3 Å². The van der Waals surface area contributed by atoms with E-state index in [0.29, 0.717) is 24.9 Å². The van der Waals surface area contributed by atoms with Gasteiger partial charge in [-0.25, -0.2) is 12.7 Å². The van der Waals surface area contributed by atoms with Gasteiger partial charge >= 0.3 is 0 Å². The maximum Gasteiger partial charge on any atom is 0.211 e. The lowest BCUT2D eigenvalue weighted by atomic mass is 10.0. The van der Waals surface area contributed by atoms with Crippen LogP contribution in [0, 0.1) is 11.8 Å². The number of aromatic nitrogens is 2. The summed E-state index contributed by atoms with van der Waals surface area (Å²) < 4.78 is 25.0. The molecule has 126 valence electrons. The second-order valence-electron chi connectivity index (χ2n) is 6.65. The fraction of sp³-hybridized carbons (Fsp3) is 0.412. The highest BCUT2D eigenvalue weighted by molar-refractivity contribution is 7.88. The first-order valence-corrected chi connectivity index (χ1v) is 9.95. The van der Waals surface area contributed by atoms with E-state index >= 15 is 0 Å². The first kappa shape index (κ1) is 15.5. The van der Waals surface area contributed by atoms with Crippen molar-refractivity contribution in [3.05, 3.63) is 42.5 Å². The molecule has 0 amide bonds. The van der Waals surface area contributed by atoms with Crippen LogP contribution in [-0.2, 0) is 10.0 Å². The number of hydrogen-bond donors (Lipinski definition) is 0. The average Bonchev–Trinajstić information content (AvgIpc) is 3.14. The predicted molar refractivity (Wildman–Crippen MR) is 93.1 cm³/mol. The summed E-state index contributed by atoms with van der Waals surface area (Å²) in [5.41, 5.74) is 1.92. The van der Waals surface area contributed by atoms with Crippen molar-refractivity contribution in [1.29, 1.82) is 0 Å². The highest BCUT2D eigenvalue weighted by atomic mass is 32.2. The van der Waals surface area contributed by atoms with Crippen molar-refractivity contribution < 1.29 is 8.42 Å². The second-order valence-corrected chi connectivity index (χ2v) is 8.63. The zero-order valence-electron chi connectivity index (χ0n) is 13.5. The minimum absolute atomic E-state index is 0.385. The Balaban J connectivity index is 1.46. The Kier molecular flexibility index (Phi) is 3.77. The normalized spacial score (nSPS) is 24.3. The molecule has 1 aromatic carbocycles. The molecule has 0 bridgehead atoms. The van der Waals surface area contributed by atoms with E-state index in [0.717, 1.165) is 30.2 Å². The first-order chi connectivity index (χ1) is 11.5. The molecule has 2 aliphatic rings. The van der Waals surface area contributed by atoms with Crippen molar-refractivity contribution in [3.8, 4) is 11.3 Å². The Morgan fingerprint density at radius 2 is 1.58 bits per heavy atom. The fourth-order valence-corrected chi connectivity index (χ4v) is 4.59. The average molecular weight is 344 g/mol. The Labute approximate surface area is 142 Å². The van der Waals surface area contributed by atoms with Crippen LogP contribution >= 0.6 is 0 Å². The van der Waals surface area contributed by atoms with Crippen LogP contribution in [0.5, 0.6) is 0 Å². The van der Waals surface area contributed by atoms with E-state index < -0.39 is 10.0 Å². The molecule has 2 unspecified atom stereocenters. The molecule has 0 spiro atoms. The quantitative estimate of drug-likeness (QED) is 0.844. The monoisotopic (exact) mass is 344 g/mol. The van der Waals surface area contributed by atoms with Crippen LogP contribution in [-0.4, -0.2) is 55.4 Å². The van der Waals surface area contributed by atoms with E-state index in [9.17, 15) is 8.42 Å². The largest absolute Gasteiger partial charge is 0.354 e. The minimum atomic E-state index is -3.08. The van der Waals surface area contributed by atoms with Crippen molar-refractivity contribution in [2.24, 2.45) is 11.8 Å². The van der Waals surface area contributed by atoms with Gasteiger partial charge < -0.3 is 4.90 Å². The minimum Gasteiger partial charge on any atom is -0.354 e. The van der Waals surface area contributed by atoms with E-state index in [4.69, 9.17) is 0 Å². The molecule has 0 saturated carbocycles. The van der Waals surface area contributed by atoms with Crippen LogP contribution in [0.15, 0.2) is 42.5 Å². The molecule has 3 heterocycles. The van der Waals surface area contributed by atoms with E-state index in [2.05, 4.69) is 15.1 Å². The van der Waals surface area contributed by atoms with Crippen molar-refractivity contribution in [2.75, 3.05) is 37.3 Å². The number of sulfonamides is 1. The van der Waals surface area contributed by atoms with Crippen LogP contribution in [0.2, 0.25) is 0 Å². The molecule has 6 nitrogen and oxygen atoms in total. The van der Waals surface area contributed by atoms with Gasteiger partial charge in [-0.2, -0.15) is 0 Å². The van der Waals surface area contributed by atoms with Crippen LogP contribution in [0.4, 0.5) is 5.82 Å². The van der Waals surface area contributed by atoms with E-state index in [1.807, 2.05) is 42.5 Å². The summed E-state index contributed by atoms with van der Waals surface area (Å²) in [7, 11) is -3.08. The lowest BCUT2D eigenvalue weighted by molar-refractivity contribution is 0.458. The summed E-state index contributed by atoms with van der Waals surface area (Å²) in [5, 5.41) is 8.72. The topological polar surface area (TPSA) is 66.4 Å². The summed E-state index contributed by atoms with van der Waals surface area (Å²) in [4.78, 5) is 2.22. The second kappa shape index (κ2) is 5.82. The number of nitrogens with zero attached hydrogens (tertiary/aromatic N) is 4. The third kappa shape index (κ3) is 2.89. The number of anilines is 1. The molecule has 2 aliphatic heterocycles. The molecule has 1 aromatic heterocycles. The van der Waals surface area contributed by atoms with Crippen molar-refractivity contribution in [3.63, 3.8) is 0 Å². The summed E-state index contributed by atoms with van der Waals surface area (Å²) in [5.74, 6) is 1.64. The van der Waals surface area contributed by atoms with Crippen LogP contribution < -0.4 is 4.90 Å². The Morgan fingerprint density at radius 1 is 0.917 bits per heavy atom. The highest BCUT2D eigenvalue weighted by Gasteiger charge is 2.43. The van der Waals surface area contributed by atoms with Gasteiger partial charge in [0.25, 0.3) is 0 Å². The molecule has 2 aromatic rings. The zero-order valence-corrected chi connectivity index (χ0v) is 14.4. The number of benzene rings is 1. The van der Waals surface area contributed by atoms with Gasteiger partial charge in [0.2, 0.25) is 10.0 Å². The lowest BCUT2D eigenvalue weighted by Gasteiger charge is -2.20. The molecule has 2 atom stereocenters. The molecule has 2 saturated heterocycles. The van der Waals surface area contributed by atoms with Crippen LogP contribution in [0.25, 0.3) is 11.3 Å². The first-order valence-electron chi connectivity index (χ1n) is 8.10. The van der Waals surface area contributed by atoms with Gasteiger partial charge in [-0.05, 0) is 24.0 Å². The van der Waals surface area contributed by atoms with Crippen molar-refractivity contribution in [2.45, 2.75) is 0 Å². The lowest BCUT2D eigenvalue weighted by Crippen LogP contribution is -2.32. The number of rotatable bonds is 3.